The van der Waals surface area contributed by atoms with Gasteiger partial charge in [0.2, 0.25) is 11.8 Å². The molecular weight excluding hydrogens is 401 g/mol. The summed E-state index contributed by atoms with van der Waals surface area (Å²) in [7, 11) is 0. The van der Waals surface area contributed by atoms with Crippen molar-refractivity contribution < 1.29 is 14.0 Å². The molecule has 1 fully saturated rings. The zero-order valence-electron chi connectivity index (χ0n) is 13.9. The van der Waals surface area contributed by atoms with Crippen LogP contribution in [-0.2, 0) is 9.59 Å². The van der Waals surface area contributed by atoms with Gasteiger partial charge < -0.3 is 10.2 Å². The van der Waals surface area contributed by atoms with Gasteiger partial charge in [-0.3, -0.25) is 9.59 Å². The van der Waals surface area contributed by atoms with Gasteiger partial charge in [-0.2, -0.15) is 5.26 Å². The third kappa shape index (κ3) is 3.46. The predicted octanol–water partition coefficient (Wildman–Crippen LogP) is 3.76. The first-order chi connectivity index (χ1) is 12.4. The Bertz CT molecular complexity index is 939. The molecule has 5 nitrogen and oxygen atoms in total. The fraction of sp³-hybridized carbons (Fsp3) is 0.211. The Morgan fingerprint density at radius 3 is 2.81 bits per heavy atom. The minimum absolute atomic E-state index is 0.0760. The number of halogens is 2. The van der Waals surface area contributed by atoms with Crippen molar-refractivity contribution in [2.24, 2.45) is 5.92 Å². The molecule has 1 aliphatic heterocycles. The van der Waals surface area contributed by atoms with Gasteiger partial charge in [-0.05, 0) is 47.1 Å². The van der Waals surface area contributed by atoms with Gasteiger partial charge in [-0.25, -0.2) is 4.39 Å². The number of rotatable bonds is 3. The van der Waals surface area contributed by atoms with Crippen LogP contribution in [0.3, 0.4) is 0 Å². The number of benzene rings is 2. The second-order valence-electron chi connectivity index (χ2n) is 6.09. The van der Waals surface area contributed by atoms with Crippen molar-refractivity contribution in [3.63, 3.8) is 0 Å². The summed E-state index contributed by atoms with van der Waals surface area (Å²) in [6.07, 6.45) is 0.0760. The molecule has 132 valence electrons. The maximum Gasteiger partial charge on any atom is 0.229 e. The van der Waals surface area contributed by atoms with Gasteiger partial charge in [-0.15, -0.1) is 0 Å². The second kappa shape index (κ2) is 7.26. The largest absolute Gasteiger partial charge is 0.325 e. The van der Waals surface area contributed by atoms with E-state index >= 15 is 0 Å². The van der Waals surface area contributed by atoms with Crippen LogP contribution >= 0.6 is 15.9 Å². The number of carbonyl (C=O) groups excluding carboxylic acids is 2. The summed E-state index contributed by atoms with van der Waals surface area (Å²) in [5, 5.41) is 11.6. The van der Waals surface area contributed by atoms with Crippen molar-refractivity contribution in [3.8, 4) is 6.07 Å². The van der Waals surface area contributed by atoms with Gasteiger partial charge >= 0.3 is 0 Å². The molecule has 1 N–H and O–H groups in total. The van der Waals surface area contributed by atoms with Crippen LogP contribution in [0.1, 0.15) is 17.5 Å². The normalized spacial score (nSPS) is 16.5. The Morgan fingerprint density at radius 2 is 2.12 bits per heavy atom. The smallest absolute Gasteiger partial charge is 0.229 e. The summed E-state index contributed by atoms with van der Waals surface area (Å²) in [6, 6.07) is 11.7. The van der Waals surface area contributed by atoms with E-state index in [2.05, 4.69) is 21.2 Å². The highest BCUT2D eigenvalue weighted by Crippen LogP contribution is 2.32. The maximum atomic E-state index is 13.9. The van der Waals surface area contributed by atoms with E-state index < -0.39 is 11.7 Å². The average molecular weight is 416 g/mol. The topological polar surface area (TPSA) is 73.2 Å². The molecule has 1 heterocycles. The third-order valence-corrected chi connectivity index (χ3v) is 5.04. The van der Waals surface area contributed by atoms with Crippen LogP contribution in [0.2, 0.25) is 0 Å². The summed E-state index contributed by atoms with van der Waals surface area (Å²) >= 11 is 3.41. The van der Waals surface area contributed by atoms with Crippen molar-refractivity contribution in [3.05, 3.63) is 57.8 Å². The number of hydrogen-bond donors (Lipinski definition) is 1. The molecule has 0 bridgehead atoms. The zero-order valence-corrected chi connectivity index (χ0v) is 15.5. The highest BCUT2D eigenvalue weighted by atomic mass is 79.9. The number of nitriles is 1. The molecule has 1 atom stereocenters. The van der Waals surface area contributed by atoms with Crippen LogP contribution in [-0.4, -0.2) is 18.4 Å². The standard InChI is InChI=1S/C19H15BrFN3O2/c1-11-15(21)6-12(9-22)7-16(11)23-19(26)13-8-18(25)24(10-13)17-5-3-2-4-14(17)20/h2-7,13H,8,10H2,1H3,(H,23,26)/t13-/m0/s1. The molecule has 2 aromatic rings. The monoisotopic (exact) mass is 415 g/mol. The number of carbonyl (C=O) groups is 2. The molecule has 3 rings (SSSR count). The number of hydrogen-bond acceptors (Lipinski definition) is 3. The Kier molecular flexibility index (Phi) is 5.05. The first-order valence-corrected chi connectivity index (χ1v) is 8.76. The van der Waals surface area contributed by atoms with Gasteiger partial charge in [0.15, 0.2) is 0 Å². The molecule has 1 aliphatic rings. The fourth-order valence-corrected chi connectivity index (χ4v) is 3.39. The van der Waals surface area contributed by atoms with Gasteiger partial charge in [0.25, 0.3) is 0 Å². The lowest BCUT2D eigenvalue weighted by molar-refractivity contribution is -0.122. The minimum atomic E-state index is -0.559. The van der Waals surface area contributed by atoms with E-state index in [4.69, 9.17) is 5.26 Å². The lowest BCUT2D eigenvalue weighted by Crippen LogP contribution is -2.28. The number of para-hydroxylation sites is 1. The van der Waals surface area contributed by atoms with Crippen LogP contribution in [0.4, 0.5) is 15.8 Å². The van der Waals surface area contributed by atoms with E-state index in [1.165, 1.54) is 13.0 Å². The molecule has 26 heavy (non-hydrogen) atoms. The Balaban J connectivity index is 1.78. The van der Waals surface area contributed by atoms with Crippen LogP contribution in [0.25, 0.3) is 0 Å². The fourth-order valence-electron chi connectivity index (χ4n) is 2.89. The minimum Gasteiger partial charge on any atom is -0.325 e. The first kappa shape index (κ1) is 18.1. The molecule has 2 amide bonds. The first-order valence-electron chi connectivity index (χ1n) is 7.96. The predicted molar refractivity (Wildman–Crippen MR) is 99.1 cm³/mol. The lowest BCUT2D eigenvalue weighted by atomic mass is 10.1. The van der Waals surface area contributed by atoms with Crippen LogP contribution in [0.15, 0.2) is 40.9 Å². The molecule has 0 saturated carbocycles. The van der Waals surface area contributed by atoms with Crippen LogP contribution in [0, 0.1) is 30.0 Å². The Morgan fingerprint density at radius 1 is 1.38 bits per heavy atom. The van der Waals surface area contributed by atoms with E-state index in [1.807, 2.05) is 24.3 Å². The molecule has 1 saturated heterocycles. The lowest BCUT2D eigenvalue weighted by Gasteiger charge is -2.18. The number of nitrogens with zero attached hydrogens (tertiary/aromatic N) is 2. The van der Waals surface area contributed by atoms with Crippen LogP contribution in [0.5, 0.6) is 0 Å². The Labute approximate surface area is 158 Å². The third-order valence-electron chi connectivity index (χ3n) is 4.37. The van der Waals surface area contributed by atoms with Crippen molar-refractivity contribution in [1.29, 1.82) is 5.26 Å². The van der Waals surface area contributed by atoms with Gasteiger partial charge in [0, 0.05) is 28.7 Å². The molecule has 0 radical (unpaired) electrons. The number of nitrogens with one attached hydrogen (secondary N) is 1. The van der Waals surface area contributed by atoms with Gasteiger partial charge in [0.1, 0.15) is 5.82 Å². The average Bonchev–Trinajstić information content (AvgIpc) is 3.00. The molecule has 7 heteroatoms. The zero-order chi connectivity index (χ0) is 18.8. The van der Waals surface area contributed by atoms with E-state index in [1.54, 1.807) is 11.0 Å². The van der Waals surface area contributed by atoms with E-state index in [-0.39, 0.29) is 41.6 Å². The highest BCUT2D eigenvalue weighted by molar-refractivity contribution is 9.10. The van der Waals surface area contributed by atoms with Gasteiger partial charge in [0.05, 0.1) is 23.2 Å². The molecular formula is C19H15BrFN3O2. The van der Waals surface area contributed by atoms with E-state index in [9.17, 15) is 14.0 Å². The molecule has 0 spiro atoms. The summed E-state index contributed by atoms with van der Waals surface area (Å²) in [5.74, 6) is -1.63. The molecule has 2 aromatic carbocycles. The van der Waals surface area contributed by atoms with Crippen LogP contribution < -0.4 is 10.2 Å². The molecule has 0 aromatic heterocycles. The second-order valence-corrected chi connectivity index (χ2v) is 6.94. The quantitative estimate of drug-likeness (QED) is 0.828. The van der Waals surface area contributed by atoms with Gasteiger partial charge in [-0.1, -0.05) is 12.1 Å². The summed E-state index contributed by atoms with van der Waals surface area (Å²) in [6.45, 7) is 1.77. The van der Waals surface area contributed by atoms with Crippen molar-refractivity contribution in [2.45, 2.75) is 13.3 Å². The highest BCUT2D eigenvalue weighted by Gasteiger charge is 2.36. The molecule has 0 unspecified atom stereocenters. The number of anilines is 2. The van der Waals surface area contributed by atoms with E-state index in [0.717, 1.165) is 10.5 Å². The summed E-state index contributed by atoms with van der Waals surface area (Å²) in [5.41, 5.74) is 1.34. The summed E-state index contributed by atoms with van der Waals surface area (Å²) in [4.78, 5) is 26.5. The Hall–Kier alpha value is -2.72. The molecule has 0 aliphatic carbocycles. The van der Waals surface area contributed by atoms with Crippen molar-refractivity contribution >= 4 is 39.1 Å². The number of amides is 2. The summed E-state index contributed by atoms with van der Waals surface area (Å²) < 4.78 is 14.6. The maximum absolute atomic E-state index is 13.9. The van der Waals surface area contributed by atoms with Crippen molar-refractivity contribution in [1.82, 2.24) is 0 Å². The van der Waals surface area contributed by atoms with Crippen molar-refractivity contribution in [2.75, 3.05) is 16.8 Å². The van der Waals surface area contributed by atoms with E-state index in [0.29, 0.717) is 5.69 Å². The SMILES string of the molecule is Cc1c(F)cc(C#N)cc1NC(=O)[C@H]1CC(=O)N(c2ccccc2Br)C1.